The van der Waals surface area contributed by atoms with Crippen molar-refractivity contribution in [2.45, 2.75) is 26.3 Å². The Hall–Kier alpha value is -0.940. The second-order valence-electron chi connectivity index (χ2n) is 5.61. The van der Waals surface area contributed by atoms with Gasteiger partial charge in [0, 0.05) is 21.1 Å². The van der Waals surface area contributed by atoms with E-state index in [1.807, 2.05) is 24.3 Å². The van der Waals surface area contributed by atoms with E-state index in [1.54, 1.807) is 13.2 Å². The summed E-state index contributed by atoms with van der Waals surface area (Å²) in [5.74, 6) is 1.50. The molecule has 6 heteroatoms. The third-order valence-corrected chi connectivity index (χ3v) is 5.02. The van der Waals surface area contributed by atoms with Gasteiger partial charge in [-0.1, -0.05) is 52.1 Å². The lowest BCUT2D eigenvalue weighted by Gasteiger charge is -2.14. The van der Waals surface area contributed by atoms with E-state index in [-0.39, 0.29) is 0 Å². The summed E-state index contributed by atoms with van der Waals surface area (Å²) < 4.78 is 12.2. The molecule has 0 saturated carbocycles. The van der Waals surface area contributed by atoms with E-state index >= 15 is 0 Å². The van der Waals surface area contributed by atoms with Crippen LogP contribution in [0, 0.1) is 0 Å². The Balaban J connectivity index is 1.93. The normalized spacial score (nSPS) is 10.8. The van der Waals surface area contributed by atoms with Crippen molar-refractivity contribution in [2.24, 2.45) is 0 Å². The van der Waals surface area contributed by atoms with Gasteiger partial charge in [0.15, 0.2) is 11.5 Å². The van der Waals surface area contributed by atoms with Crippen LogP contribution in [0.5, 0.6) is 11.5 Å². The van der Waals surface area contributed by atoms with Crippen molar-refractivity contribution in [1.29, 1.82) is 0 Å². The zero-order valence-electron chi connectivity index (χ0n) is 14.4. The summed E-state index contributed by atoms with van der Waals surface area (Å²) in [5, 5.41) is 4.79. The van der Waals surface area contributed by atoms with E-state index in [1.165, 1.54) is 0 Å². The smallest absolute Gasteiger partial charge is 0.162 e. The fourth-order valence-corrected chi connectivity index (χ4v) is 3.33. The molecule has 0 saturated heterocycles. The number of hydrogen-bond acceptors (Lipinski definition) is 3. The van der Waals surface area contributed by atoms with Crippen LogP contribution in [0.25, 0.3) is 0 Å². The van der Waals surface area contributed by atoms with E-state index in [9.17, 15) is 0 Å². The van der Waals surface area contributed by atoms with Gasteiger partial charge in [-0.15, -0.1) is 0 Å². The van der Waals surface area contributed by atoms with Crippen LogP contribution >= 0.6 is 39.1 Å². The third kappa shape index (κ3) is 6.07. The summed E-state index contributed by atoms with van der Waals surface area (Å²) in [4.78, 5) is 0. The number of ether oxygens (including phenoxy) is 2. The predicted molar refractivity (Wildman–Crippen MR) is 108 cm³/mol. The molecule has 0 aliphatic rings. The van der Waals surface area contributed by atoms with E-state index in [2.05, 4.69) is 28.2 Å². The topological polar surface area (TPSA) is 30.5 Å². The van der Waals surface area contributed by atoms with Gasteiger partial charge in [0.05, 0.1) is 13.7 Å². The number of nitrogens with one attached hydrogen (secondary N) is 1. The van der Waals surface area contributed by atoms with Crippen molar-refractivity contribution in [3.05, 3.63) is 56.0 Å². The lowest BCUT2D eigenvalue weighted by molar-refractivity contribution is 0.294. The first-order valence-corrected chi connectivity index (χ1v) is 9.74. The molecule has 0 aliphatic carbocycles. The zero-order chi connectivity index (χ0) is 18.2. The molecule has 2 aromatic carbocycles. The number of methoxy groups -OCH3 is 1. The summed E-state index contributed by atoms with van der Waals surface area (Å²) in [6.07, 6.45) is 1.79. The van der Waals surface area contributed by atoms with E-state index in [0.29, 0.717) is 16.7 Å². The standard InChI is InChI=1S/C19H22BrCl2NO2/c1-3-8-25-19-11-16(20)14(9-18(19)24-2)12-23-7-6-13-4-5-15(21)10-17(13)22/h4-5,9-11,23H,3,6-8,12H2,1-2H3. The average molecular weight is 447 g/mol. The lowest BCUT2D eigenvalue weighted by Crippen LogP contribution is -2.17. The van der Waals surface area contributed by atoms with Crippen molar-refractivity contribution >= 4 is 39.1 Å². The Morgan fingerprint density at radius 2 is 1.88 bits per heavy atom. The summed E-state index contributed by atoms with van der Waals surface area (Å²) in [6, 6.07) is 9.55. The largest absolute Gasteiger partial charge is 0.493 e. The minimum absolute atomic E-state index is 0.656. The maximum Gasteiger partial charge on any atom is 0.162 e. The first kappa shape index (κ1) is 20.4. The SMILES string of the molecule is CCCOc1cc(Br)c(CNCCc2ccc(Cl)cc2Cl)cc1OC. The van der Waals surface area contributed by atoms with Crippen molar-refractivity contribution in [1.82, 2.24) is 5.32 Å². The van der Waals surface area contributed by atoms with Crippen LogP contribution in [0.4, 0.5) is 0 Å². The Labute approximate surface area is 167 Å². The molecule has 2 aromatic rings. The van der Waals surface area contributed by atoms with E-state index in [0.717, 1.165) is 53.0 Å². The summed E-state index contributed by atoms with van der Waals surface area (Å²) >= 11 is 15.7. The van der Waals surface area contributed by atoms with E-state index in [4.69, 9.17) is 32.7 Å². The van der Waals surface area contributed by atoms with Gasteiger partial charge in [0.1, 0.15) is 0 Å². The molecule has 25 heavy (non-hydrogen) atoms. The lowest BCUT2D eigenvalue weighted by atomic mass is 10.1. The summed E-state index contributed by atoms with van der Waals surface area (Å²) in [5.41, 5.74) is 2.20. The fraction of sp³-hybridized carbons (Fsp3) is 0.368. The number of rotatable bonds is 9. The van der Waals surface area contributed by atoms with Crippen molar-refractivity contribution in [3.8, 4) is 11.5 Å². The van der Waals surface area contributed by atoms with Crippen molar-refractivity contribution < 1.29 is 9.47 Å². The highest BCUT2D eigenvalue weighted by atomic mass is 79.9. The van der Waals surface area contributed by atoms with Crippen LogP contribution in [0.1, 0.15) is 24.5 Å². The van der Waals surface area contributed by atoms with Crippen molar-refractivity contribution in [3.63, 3.8) is 0 Å². The molecule has 0 fully saturated rings. The predicted octanol–water partition coefficient (Wildman–Crippen LogP) is 5.89. The van der Waals surface area contributed by atoms with Gasteiger partial charge in [-0.2, -0.15) is 0 Å². The van der Waals surface area contributed by atoms with Crippen LogP contribution < -0.4 is 14.8 Å². The summed E-state index contributed by atoms with van der Waals surface area (Å²) in [7, 11) is 1.65. The van der Waals surface area contributed by atoms with Crippen LogP contribution in [-0.4, -0.2) is 20.3 Å². The molecular weight excluding hydrogens is 425 g/mol. The van der Waals surface area contributed by atoms with Crippen LogP contribution in [0.15, 0.2) is 34.8 Å². The molecule has 2 rings (SSSR count). The maximum atomic E-state index is 6.20. The molecule has 0 aromatic heterocycles. The minimum Gasteiger partial charge on any atom is -0.493 e. The van der Waals surface area contributed by atoms with Gasteiger partial charge in [-0.25, -0.2) is 0 Å². The highest BCUT2D eigenvalue weighted by Crippen LogP contribution is 2.33. The molecule has 0 atom stereocenters. The molecule has 0 aliphatic heterocycles. The quantitative estimate of drug-likeness (QED) is 0.487. The van der Waals surface area contributed by atoms with Gasteiger partial charge in [-0.3, -0.25) is 0 Å². The Bertz CT molecular complexity index is 710. The van der Waals surface area contributed by atoms with E-state index < -0.39 is 0 Å². The molecule has 0 unspecified atom stereocenters. The Morgan fingerprint density at radius 1 is 1.08 bits per heavy atom. The van der Waals surface area contributed by atoms with Gasteiger partial charge >= 0.3 is 0 Å². The van der Waals surface area contributed by atoms with Gasteiger partial charge in [0.2, 0.25) is 0 Å². The summed E-state index contributed by atoms with van der Waals surface area (Å²) in [6.45, 7) is 4.27. The fourth-order valence-electron chi connectivity index (χ4n) is 2.37. The number of halogens is 3. The minimum atomic E-state index is 0.656. The molecular formula is C19H22BrCl2NO2. The molecule has 0 amide bonds. The van der Waals surface area contributed by atoms with Crippen LogP contribution in [0.2, 0.25) is 10.0 Å². The number of hydrogen-bond donors (Lipinski definition) is 1. The molecule has 0 bridgehead atoms. The molecule has 1 N–H and O–H groups in total. The first-order chi connectivity index (χ1) is 12.0. The van der Waals surface area contributed by atoms with Crippen LogP contribution in [0.3, 0.4) is 0 Å². The van der Waals surface area contributed by atoms with Gasteiger partial charge in [-0.05, 0) is 54.8 Å². The van der Waals surface area contributed by atoms with Gasteiger partial charge in [0.25, 0.3) is 0 Å². The van der Waals surface area contributed by atoms with Crippen molar-refractivity contribution in [2.75, 3.05) is 20.3 Å². The Morgan fingerprint density at radius 3 is 2.56 bits per heavy atom. The average Bonchev–Trinajstić information content (AvgIpc) is 2.59. The molecule has 3 nitrogen and oxygen atoms in total. The molecule has 0 heterocycles. The highest BCUT2D eigenvalue weighted by Gasteiger charge is 2.10. The highest BCUT2D eigenvalue weighted by molar-refractivity contribution is 9.10. The van der Waals surface area contributed by atoms with Crippen LogP contribution in [-0.2, 0) is 13.0 Å². The maximum absolute atomic E-state index is 6.20. The zero-order valence-corrected chi connectivity index (χ0v) is 17.5. The molecule has 0 radical (unpaired) electrons. The first-order valence-electron chi connectivity index (χ1n) is 8.19. The number of benzene rings is 2. The monoisotopic (exact) mass is 445 g/mol. The van der Waals surface area contributed by atoms with Gasteiger partial charge < -0.3 is 14.8 Å². The second kappa shape index (κ2) is 10.3. The molecule has 0 spiro atoms. The second-order valence-corrected chi connectivity index (χ2v) is 7.30. The third-order valence-electron chi connectivity index (χ3n) is 3.70. The molecule has 136 valence electrons. The Kier molecular flexibility index (Phi) is 8.37.